The lowest BCUT2D eigenvalue weighted by atomic mass is 9.79. The molecule has 4 nitrogen and oxygen atoms in total. The van der Waals surface area contributed by atoms with Crippen molar-refractivity contribution in [1.82, 2.24) is 8.80 Å². The van der Waals surface area contributed by atoms with Crippen molar-refractivity contribution in [3.63, 3.8) is 0 Å². The van der Waals surface area contributed by atoms with Crippen molar-refractivity contribution in [3.8, 4) is 22.3 Å². The maximum absolute atomic E-state index is 2.75. The van der Waals surface area contributed by atoms with Crippen molar-refractivity contribution < 1.29 is 0 Å². The van der Waals surface area contributed by atoms with Crippen LogP contribution >= 0.6 is 0 Å². The molecule has 0 unspecified atom stereocenters. The lowest BCUT2D eigenvalue weighted by Crippen LogP contribution is -2.21. The van der Waals surface area contributed by atoms with Gasteiger partial charge in [-0.05, 0) is 252 Å². The summed E-state index contributed by atoms with van der Waals surface area (Å²) in [6.07, 6.45) is 0. The van der Waals surface area contributed by atoms with E-state index in [0.717, 1.165) is 11.4 Å². The largest absolute Gasteiger partial charge is 0.310 e. The van der Waals surface area contributed by atoms with E-state index >= 15 is 0 Å². The van der Waals surface area contributed by atoms with Gasteiger partial charge in [0.15, 0.2) is 0 Å². The molecule has 0 atom stereocenters. The molecule has 0 saturated heterocycles. The van der Waals surface area contributed by atoms with Crippen molar-refractivity contribution in [1.29, 1.82) is 0 Å². The fourth-order valence-corrected chi connectivity index (χ4v) is 18.1. The van der Waals surface area contributed by atoms with Crippen LogP contribution in [0.1, 0.15) is 316 Å². The van der Waals surface area contributed by atoms with Gasteiger partial charge >= 0.3 is 0 Å². The first-order valence-corrected chi connectivity index (χ1v) is 44.0. The number of hydrogen-bond acceptors (Lipinski definition) is 2. The molecule has 0 fully saturated rings. The van der Waals surface area contributed by atoms with Crippen molar-refractivity contribution in [3.05, 3.63) is 249 Å². The third-order valence-corrected chi connectivity index (χ3v) is 26.1. The van der Waals surface area contributed by atoms with Crippen molar-refractivity contribution in [2.24, 2.45) is 0 Å². The molecular weight excluding hydrogens is 1430 g/mol. The standard InChI is InChI=1S/C114H138N4/c1-103(2,3)69-41-37-67(38-42-69)95-97-91-63-79(113(31,32)33)61-89-88-66-82(116(85-57-75(109(19,20)21)51-76(58-85)110(22,23)24)86-59-77(111(25,26)27)52-78(60-86)112(28,29)30)46-48-94(88)118(99(89)91)102(97)96(68-39-43-70(44-40-68)104(4,5)6)98-92-64-80(114(34,35)36)62-90-87-65-81(45-47-93(87)117(100(90)92)101(95)98)115(83-53-71(105(7,8)9)49-72(54-83)106(10,11)12)84-55-73(107(13,14)15)50-74(56-84)108(16,17)18/h37-66H,1-36H3. The Morgan fingerprint density at radius 2 is 0.373 bits per heavy atom. The molecule has 4 heteroatoms. The fourth-order valence-electron chi connectivity index (χ4n) is 18.1. The Hall–Kier alpha value is -9.38. The topological polar surface area (TPSA) is 15.3 Å². The van der Waals surface area contributed by atoms with Crippen molar-refractivity contribution >= 4 is 110 Å². The quantitative estimate of drug-likeness (QED) is 0.151. The molecule has 11 aromatic carbocycles. The summed E-state index contributed by atoms with van der Waals surface area (Å²) in [6.45, 7) is 85.5. The van der Waals surface area contributed by atoms with Gasteiger partial charge < -0.3 is 18.6 Å². The predicted molar refractivity (Wildman–Crippen MR) is 520 cm³/mol. The van der Waals surface area contributed by atoms with Crippen LogP contribution in [0, 0.1) is 0 Å². The van der Waals surface area contributed by atoms with Gasteiger partial charge in [0.05, 0.1) is 33.1 Å². The first-order valence-electron chi connectivity index (χ1n) is 44.0. The minimum atomic E-state index is -0.228. The number of fused-ring (bicyclic) bond motifs is 12. The monoisotopic (exact) mass is 1560 g/mol. The van der Waals surface area contributed by atoms with Gasteiger partial charge in [0.1, 0.15) is 0 Å². The first kappa shape index (κ1) is 83.7. The molecular formula is C114H138N4. The Kier molecular flexibility index (Phi) is 19.2. The van der Waals surface area contributed by atoms with Gasteiger partial charge in [0.2, 0.25) is 0 Å². The molecule has 118 heavy (non-hydrogen) atoms. The van der Waals surface area contributed by atoms with E-state index in [9.17, 15) is 0 Å². The van der Waals surface area contributed by atoms with Crippen LogP contribution < -0.4 is 9.80 Å². The molecule has 0 spiro atoms. The third-order valence-electron chi connectivity index (χ3n) is 26.1. The zero-order chi connectivity index (χ0) is 86.3. The SMILES string of the molecule is CC(C)(C)c1ccc(-c2c3c4cc(C(C)(C)C)cc5c6cc(N(c7cc(C(C)(C)C)cc(C(C)(C)C)c7)c7cc(C(C)(C)C)cc(C(C)(C)C)c7)ccc6n(c3c(-c3ccc(C(C)(C)C)cc3)c3c6cc(C(C)(C)C)cc7c8cc(N(c9cc(C(C)(C)C)cc(C(C)(C)C)c9)c9cc(C(C)(C)C)cc(C(C)(C)C)c9)ccc8n(c23)c76)c54)cc1. The summed E-state index contributed by atoms with van der Waals surface area (Å²) in [5.74, 6) is 0. The van der Waals surface area contributed by atoms with E-state index in [1.54, 1.807) is 0 Å². The van der Waals surface area contributed by atoms with Crippen LogP contribution in [0.2, 0.25) is 0 Å². The van der Waals surface area contributed by atoms with Crippen LogP contribution in [0.5, 0.6) is 0 Å². The molecule has 4 aromatic heterocycles. The van der Waals surface area contributed by atoms with Crippen molar-refractivity contribution in [2.75, 3.05) is 9.80 Å². The van der Waals surface area contributed by atoms with Crippen LogP contribution in [0.15, 0.2) is 182 Å². The zero-order valence-corrected chi connectivity index (χ0v) is 79.1. The summed E-state index contributed by atoms with van der Waals surface area (Å²) < 4.78 is 5.51. The van der Waals surface area contributed by atoms with Crippen LogP contribution in [-0.4, -0.2) is 8.80 Å². The van der Waals surface area contributed by atoms with E-state index in [1.807, 2.05) is 0 Å². The van der Waals surface area contributed by atoms with E-state index in [-0.39, 0.29) is 65.0 Å². The van der Waals surface area contributed by atoms with E-state index in [0.29, 0.717) is 0 Å². The minimum absolute atomic E-state index is 0.0718. The Balaban J connectivity index is 1.16. The number of anilines is 6. The number of hydrogen-bond donors (Lipinski definition) is 0. The van der Waals surface area contributed by atoms with Gasteiger partial charge in [-0.15, -0.1) is 0 Å². The highest BCUT2D eigenvalue weighted by molar-refractivity contribution is 6.38. The summed E-state index contributed by atoms with van der Waals surface area (Å²) in [7, 11) is 0. The second-order valence-electron chi connectivity index (χ2n) is 48.0. The van der Waals surface area contributed by atoms with Crippen LogP contribution in [-0.2, 0) is 65.0 Å². The molecule has 0 amide bonds. The molecule has 0 bridgehead atoms. The molecule has 0 aliphatic heterocycles. The Morgan fingerprint density at radius 3 is 0.585 bits per heavy atom. The third kappa shape index (κ3) is 14.7. The Morgan fingerprint density at radius 1 is 0.169 bits per heavy atom. The molecule has 0 N–H and O–H groups in total. The van der Waals surface area contributed by atoms with E-state index in [4.69, 9.17) is 0 Å². The maximum Gasteiger partial charge on any atom is 0.0634 e. The van der Waals surface area contributed by atoms with Gasteiger partial charge in [-0.25, -0.2) is 0 Å². The van der Waals surface area contributed by atoms with Crippen molar-refractivity contribution in [2.45, 2.75) is 314 Å². The van der Waals surface area contributed by atoms with E-state index < -0.39 is 0 Å². The minimum Gasteiger partial charge on any atom is -0.310 e. The first-order chi connectivity index (χ1) is 54.1. The summed E-state index contributed by atoms with van der Waals surface area (Å²) in [4.78, 5) is 5.24. The average molecular weight is 1560 g/mol. The van der Waals surface area contributed by atoms with Crippen LogP contribution in [0.25, 0.3) is 98.4 Å². The summed E-state index contributed by atoms with van der Waals surface area (Å²) in [5.41, 5.74) is 33.7. The van der Waals surface area contributed by atoms with E-state index in [2.05, 4.69) is 450 Å². The second kappa shape index (κ2) is 27.1. The summed E-state index contributed by atoms with van der Waals surface area (Å²) >= 11 is 0. The summed E-state index contributed by atoms with van der Waals surface area (Å²) in [5, 5.41) is 10.1. The zero-order valence-electron chi connectivity index (χ0n) is 79.1. The molecule has 15 aromatic rings. The molecule has 0 saturated carbocycles. The smallest absolute Gasteiger partial charge is 0.0634 e. The number of nitrogens with zero attached hydrogens (tertiary/aromatic N) is 4. The molecule has 15 rings (SSSR count). The van der Waals surface area contributed by atoms with E-state index in [1.165, 1.54) is 188 Å². The molecule has 614 valence electrons. The highest BCUT2D eigenvalue weighted by Gasteiger charge is 2.37. The van der Waals surface area contributed by atoms with Crippen LogP contribution in [0.4, 0.5) is 34.1 Å². The normalized spacial score (nSPS) is 13.9. The molecule has 4 heterocycles. The molecule has 0 aliphatic rings. The summed E-state index contributed by atoms with van der Waals surface area (Å²) in [6, 6.07) is 75.0. The number of aromatic nitrogens is 2. The fraction of sp³-hybridized carbons (Fsp3) is 0.421. The Labute approximate surface area is 709 Å². The van der Waals surface area contributed by atoms with Gasteiger partial charge in [-0.2, -0.15) is 0 Å². The molecule has 0 aliphatic carbocycles. The van der Waals surface area contributed by atoms with Gasteiger partial charge in [0.25, 0.3) is 0 Å². The predicted octanol–water partition coefficient (Wildman–Crippen LogP) is 33.8. The average Bonchev–Trinajstić information content (AvgIpc) is 1.49. The lowest BCUT2D eigenvalue weighted by Gasteiger charge is -2.33. The van der Waals surface area contributed by atoms with Crippen LogP contribution in [0.3, 0.4) is 0 Å². The van der Waals surface area contributed by atoms with Gasteiger partial charge in [-0.3, -0.25) is 0 Å². The number of rotatable bonds is 8. The maximum atomic E-state index is 2.75. The van der Waals surface area contributed by atoms with Gasteiger partial charge in [0, 0.05) is 88.3 Å². The Bertz CT molecular complexity index is 5800. The van der Waals surface area contributed by atoms with Gasteiger partial charge in [-0.1, -0.05) is 322 Å². The number of benzene rings is 11. The highest BCUT2D eigenvalue weighted by atomic mass is 15.2. The second-order valence-corrected chi connectivity index (χ2v) is 48.0. The lowest BCUT2D eigenvalue weighted by molar-refractivity contribution is 0.567. The molecule has 0 radical (unpaired) electrons. The highest BCUT2D eigenvalue weighted by Crippen LogP contribution is 2.58.